The summed E-state index contributed by atoms with van der Waals surface area (Å²) in [4.78, 5) is 0. The maximum Gasteiger partial charge on any atom is 0.179 e. The monoisotopic (exact) mass is 823 g/mol. The van der Waals surface area contributed by atoms with Crippen molar-refractivity contribution < 1.29 is 9.60 Å². The van der Waals surface area contributed by atoms with Gasteiger partial charge in [0.25, 0.3) is 0 Å². The number of nitrogens with zero attached hydrogens (tertiary/aromatic N) is 2. The zero-order valence-electron chi connectivity index (χ0n) is 40.9. The van der Waals surface area contributed by atoms with Crippen LogP contribution in [0.5, 0.6) is 0 Å². The molecule has 0 bridgehead atoms. The summed E-state index contributed by atoms with van der Waals surface area (Å²) in [6, 6.07) is 67.6. The lowest BCUT2D eigenvalue weighted by Gasteiger charge is -2.34. The van der Waals surface area contributed by atoms with Gasteiger partial charge in [0.1, 0.15) is 0 Å². The maximum absolute atomic E-state index is 10.4. The van der Waals surface area contributed by atoms with Crippen LogP contribution >= 0.6 is 0 Å². The molecule has 0 aliphatic carbocycles. The van der Waals surface area contributed by atoms with Gasteiger partial charge in [0.15, 0.2) is 8.07 Å². The number of para-hydroxylation sites is 2. The molecular formula is C60H40N2Si. The van der Waals surface area contributed by atoms with Crippen molar-refractivity contribution >= 4 is 105 Å². The van der Waals surface area contributed by atoms with E-state index in [9.17, 15) is 6.85 Å². The summed E-state index contributed by atoms with van der Waals surface area (Å²) in [7, 11) is -3.08. The summed E-state index contributed by atoms with van der Waals surface area (Å²) in [5, 5.41) is 13.6. The molecule has 0 fully saturated rings. The average molecular weight is 824 g/mol. The molecule has 2 heterocycles. The fourth-order valence-electron chi connectivity index (χ4n) is 10.5. The van der Waals surface area contributed by atoms with Gasteiger partial charge in [0, 0.05) is 38.3 Å². The van der Waals surface area contributed by atoms with Gasteiger partial charge in [-0.1, -0.05) is 194 Å². The molecule has 0 saturated heterocycles. The molecule has 0 atom stereocenters. The second-order valence-electron chi connectivity index (χ2n) is 16.2. The van der Waals surface area contributed by atoms with Crippen LogP contribution in [-0.2, 0) is 0 Å². The first-order valence-electron chi connectivity index (χ1n) is 24.8. The number of rotatable bonds is 6. The summed E-state index contributed by atoms with van der Waals surface area (Å²) in [6.07, 6.45) is 0. The van der Waals surface area contributed by atoms with Crippen molar-refractivity contribution in [1.29, 1.82) is 0 Å². The Bertz CT molecular complexity index is 4180. The van der Waals surface area contributed by atoms with E-state index in [-0.39, 0.29) is 57.7 Å². The number of fused-ring (bicyclic) bond motifs is 13. The summed E-state index contributed by atoms with van der Waals surface area (Å²) >= 11 is 0. The third-order valence-electron chi connectivity index (χ3n) is 13.1. The molecule has 0 aliphatic heterocycles. The van der Waals surface area contributed by atoms with Gasteiger partial charge in [-0.25, -0.2) is 0 Å². The standard InChI is InChI=1S/C60H40N2Si/c1-5-19-41(20-6-1)61-55-32-18-17-30-50(55)53-39-42(33-36-56(53)61)62-57-37-34-46(63(43-21-7-2-8-22-43,44-23-9-3-10-24-44)45-25-11-4-12-26-45)40-54(57)60-58(62)38-35-52-49-29-14-13-27-47(49)48-28-15-16-31-51(48)59(52)60/h1-40H/i17D,18D,30D,32D,33D,36D,39D. The first-order chi connectivity index (χ1) is 34.2. The minimum Gasteiger partial charge on any atom is -0.309 e. The van der Waals surface area contributed by atoms with Crippen LogP contribution in [0.15, 0.2) is 242 Å². The van der Waals surface area contributed by atoms with E-state index < -0.39 is 20.2 Å². The largest absolute Gasteiger partial charge is 0.309 e. The Balaban J connectivity index is 1.25. The van der Waals surface area contributed by atoms with Crippen molar-refractivity contribution in [3.05, 3.63) is 242 Å². The second kappa shape index (κ2) is 14.0. The molecule has 11 aromatic carbocycles. The molecule has 0 N–H and O–H groups in total. The first kappa shape index (κ1) is 29.3. The molecule has 0 radical (unpaired) electrons. The van der Waals surface area contributed by atoms with Crippen molar-refractivity contribution in [2.75, 3.05) is 0 Å². The molecule has 0 amide bonds. The molecule has 0 spiro atoms. The van der Waals surface area contributed by atoms with E-state index in [1.807, 2.05) is 34.9 Å². The van der Waals surface area contributed by atoms with Crippen molar-refractivity contribution in [2.45, 2.75) is 0 Å². The van der Waals surface area contributed by atoms with Gasteiger partial charge in [-0.3, -0.25) is 0 Å². The molecule has 0 saturated carbocycles. The highest BCUT2D eigenvalue weighted by Crippen LogP contribution is 2.44. The third-order valence-corrected chi connectivity index (χ3v) is 17.8. The number of benzene rings is 11. The van der Waals surface area contributed by atoms with Crippen LogP contribution in [0.25, 0.3) is 87.3 Å². The predicted octanol–water partition coefficient (Wildman–Crippen LogP) is 12.7. The van der Waals surface area contributed by atoms with Crippen molar-refractivity contribution in [3.63, 3.8) is 0 Å². The molecule has 0 unspecified atom stereocenters. The Morgan fingerprint density at radius 3 is 1.43 bits per heavy atom. The van der Waals surface area contributed by atoms with Crippen LogP contribution in [-0.4, -0.2) is 17.2 Å². The van der Waals surface area contributed by atoms with E-state index >= 15 is 0 Å². The van der Waals surface area contributed by atoms with Gasteiger partial charge in [0.2, 0.25) is 0 Å². The van der Waals surface area contributed by atoms with Crippen molar-refractivity contribution in [3.8, 4) is 11.4 Å². The fourth-order valence-corrected chi connectivity index (χ4v) is 15.3. The highest BCUT2D eigenvalue weighted by molar-refractivity contribution is 7.20. The lowest BCUT2D eigenvalue weighted by Crippen LogP contribution is -2.74. The number of aromatic nitrogens is 2. The normalized spacial score (nSPS) is 13.7. The van der Waals surface area contributed by atoms with E-state index in [0.717, 1.165) is 59.3 Å². The predicted molar refractivity (Wildman–Crippen MR) is 271 cm³/mol. The highest BCUT2D eigenvalue weighted by atomic mass is 28.3. The minimum atomic E-state index is -3.08. The summed E-state index contributed by atoms with van der Waals surface area (Å²) in [5.41, 5.74) is 2.56. The lowest BCUT2D eigenvalue weighted by molar-refractivity contribution is 1.17. The van der Waals surface area contributed by atoms with Crippen LogP contribution in [0.3, 0.4) is 0 Å². The molecule has 13 aromatic rings. The molecule has 2 aromatic heterocycles. The molecule has 2 nitrogen and oxygen atoms in total. The summed E-state index contributed by atoms with van der Waals surface area (Å²) in [5.74, 6) is 0. The van der Waals surface area contributed by atoms with E-state index in [1.54, 1.807) is 4.57 Å². The van der Waals surface area contributed by atoms with Gasteiger partial charge in [0.05, 0.1) is 31.7 Å². The molecule has 63 heavy (non-hydrogen) atoms. The first-order valence-corrected chi connectivity index (χ1v) is 23.3. The SMILES string of the molecule is [2H]c1c([2H])c([2H])c2c(c1[2H])c1c([2H])c(-n3c4ccc([Si](c5ccccc5)(c5ccccc5)c5ccccc5)cc4c4c5c6ccccc6c6ccccc6c5ccc43)c([2H])c([2H])c1n2-c1ccccc1. The van der Waals surface area contributed by atoms with Crippen LogP contribution in [0.2, 0.25) is 0 Å². The molecular weight excluding hydrogens is 777 g/mol. The molecule has 13 rings (SSSR count). The average Bonchev–Trinajstić information content (AvgIpc) is 3.95. The van der Waals surface area contributed by atoms with E-state index in [1.165, 1.54) is 15.6 Å². The topological polar surface area (TPSA) is 9.86 Å². The van der Waals surface area contributed by atoms with Gasteiger partial charge in [-0.05, 0) is 96.1 Å². The Labute approximate surface area is 376 Å². The van der Waals surface area contributed by atoms with Crippen LogP contribution in [0.1, 0.15) is 9.60 Å². The maximum atomic E-state index is 10.4. The van der Waals surface area contributed by atoms with Crippen molar-refractivity contribution in [2.24, 2.45) is 0 Å². The summed E-state index contributed by atoms with van der Waals surface area (Å²) < 4.78 is 70.1. The van der Waals surface area contributed by atoms with Crippen molar-refractivity contribution in [1.82, 2.24) is 9.13 Å². The van der Waals surface area contributed by atoms with Crippen LogP contribution in [0, 0.1) is 0 Å². The molecule has 3 heteroatoms. The van der Waals surface area contributed by atoms with Gasteiger partial charge in [-0.2, -0.15) is 0 Å². The minimum absolute atomic E-state index is 0.103. The van der Waals surface area contributed by atoms with Gasteiger partial charge < -0.3 is 9.13 Å². The van der Waals surface area contributed by atoms with Crippen LogP contribution < -0.4 is 20.7 Å². The molecule has 294 valence electrons. The molecule has 0 aliphatic rings. The highest BCUT2D eigenvalue weighted by Gasteiger charge is 2.41. The Hall–Kier alpha value is -7.98. The Morgan fingerprint density at radius 2 is 0.794 bits per heavy atom. The zero-order chi connectivity index (χ0) is 47.6. The van der Waals surface area contributed by atoms with Crippen LogP contribution in [0.4, 0.5) is 0 Å². The van der Waals surface area contributed by atoms with Gasteiger partial charge in [-0.15, -0.1) is 0 Å². The Kier molecular flexibility index (Phi) is 6.53. The zero-order valence-corrected chi connectivity index (χ0v) is 34.9. The van der Waals surface area contributed by atoms with E-state index in [0.29, 0.717) is 5.69 Å². The number of hydrogen-bond acceptors (Lipinski definition) is 0. The summed E-state index contributed by atoms with van der Waals surface area (Å²) in [6.45, 7) is 0. The second-order valence-corrected chi connectivity index (χ2v) is 20.0. The van der Waals surface area contributed by atoms with E-state index in [4.69, 9.17) is 2.74 Å². The number of hydrogen-bond donors (Lipinski definition) is 0. The smallest absolute Gasteiger partial charge is 0.179 e. The third kappa shape index (κ3) is 5.18. The van der Waals surface area contributed by atoms with E-state index in [2.05, 4.69) is 170 Å². The fraction of sp³-hybridized carbons (Fsp3) is 0. The lowest BCUT2D eigenvalue weighted by atomic mass is 9.92. The van der Waals surface area contributed by atoms with Gasteiger partial charge >= 0.3 is 0 Å². The quantitative estimate of drug-likeness (QED) is 0.0898. The Morgan fingerprint density at radius 1 is 0.302 bits per heavy atom.